The summed E-state index contributed by atoms with van der Waals surface area (Å²) in [5.74, 6) is 2.18. The molecular weight excluding hydrogens is 576 g/mol. The number of amidine groups is 1. The second-order valence-corrected chi connectivity index (χ2v) is 13.1. The van der Waals surface area contributed by atoms with E-state index in [2.05, 4.69) is 45.6 Å². The molecule has 0 saturated heterocycles. The van der Waals surface area contributed by atoms with Crippen LogP contribution in [0, 0.1) is 18.3 Å². The van der Waals surface area contributed by atoms with Crippen molar-refractivity contribution >= 4 is 35.8 Å². The van der Waals surface area contributed by atoms with Crippen molar-refractivity contribution in [1.29, 1.82) is 0 Å². The number of urea groups is 1. The second kappa shape index (κ2) is 15.7. The molecule has 4 rings (SSSR count). The van der Waals surface area contributed by atoms with E-state index >= 15 is 0 Å². The van der Waals surface area contributed by atoms with Gasteiger partial charge in [0.15, 0.2) is 5.82 Å². The zero-order chi connectivity index (χ0) is 33.3. The lowest BCUT2D eigenvalue weighted by Crippen LogP contribution is -2.46. The molecule has 5 N–H and O–H groups in total. The number of allylic oxidation sites excluding steroid dienone is 4. The molecular formula is C36H50N8O2. The maximum atomic E-state index is 13.4. The lowest BCUT2D eigenvalue weighted by Gasteiger charge is -2.35. The maximum absolute atomic E-state index is 13.4. The molecule has 0 fully saturated rings. The van der Waals surface area contributed by atoms with Crippen molar-refractivity contribution in [2.45, 2.75) is 72.3 Å². The first kappa shape index (κ1) is 34.4. The fraction of sp³-hybridized carbons (Fsp3) is 0.444. The smallest absolute Gasteiger partial charge is 0.320 e. The van der Waals surface area contributed by atoms with Crippen LogP contribution in [0.2, 0.25) is 0 Å². The minimum absolute atomic E-state index is 0.0344. The van der Waals surface area contributed by atoms with Crippen LogP contribution < -0.4 is 21.3 Å². The minimum Gasteiger partial charge on any atom is -0.401 e. The molecule has 1 aromatic heterocycles. The number of carbonyl (C=O) groups excluding carboxylic acids is 1. The lowest BCUT2D eigenvalue weighted by atomic mass is 9.74. The number of benzene rings is 1. The standard InChI is InChI=1S/C36H50N8O2/c1-7-33-41-42-35(43(6)22-23-45)44(33)21-11-10-12-26-17-20-30(29-14-9-8-13-28(26)29)39-34(46)40-32(24-31(37)36(3,4)5)38-27-18-15-25(2)16-19-27/h7,9,11,14-16,18-19,21,24,26,30,45H,1,8,10,12-13,17,20,22-23,37H2,2-6H3,(H2,38,39,40,46)/b21-11+,31-24?/t26?,30-/m0/s1. The molecule has 0 aliphatic heterocycles. The highest BCUT2D eigenvalue weighted by atomic mass is 16.3. The quantitative estimate of drug-likeness (QED) is 0.172. The van der Waals surface area contributed by atoms with Gasteiger partial charge in [-0.3, -0.25) is 9.88 Å². The van der Waals surface area contributed by atoms with Gasteiger partial charge < -0.3 is 21.1 Å². The molecule has 1 unspecified atom stereocenters. The van der Waals surface area contributed by atoms with Crippen LogP contribution in [0.15, 0.2) is 77.0 Å². The number of nitrogens with one attached hydrogen (secondary N) is 2. The number of nitrogens with two attached hydrogens (primary N) is 1. The average Bonchev–Trinajstić information content (AvgIpc) is 3.44. The molecule has 46 heavy (non-hydrogen) atoms. The molecule has 1 aromatic carbocycles. The number of aliphatic hydroxyl groups is 1. The van der Waals surface area contributed by atoms with Gasteiger partial charge in [0.25, 0.3) is 0 Å². The maximum Gasteiger partial charge on any atom is 0.320 e. The molecule has 246 valence electrons. The van der Waals surface area contributed by atoms with Gasteiger partial charge in [-0.2, -0.15) is 0 Å². The van der Waals surface area contributed by atoms with Gasteiger partial charge >= 0.3 is 6.03 Å². The highest BCUT2D eigenvalue weighted by Gasteiger charge is 2.30. The minimum atomic E-state index is -0.296. The van der Waals surface area contributed by atoms with Crippen LogP contribution in [-0.2, 0) is 0 Å². The van der Waals surface area contributed by atoms with E-state index in [4.69, 9.17) is 10.7 Å². The Kier molecular flexibility index (Phi) is 11.8. The molecule has 2 aliphatic carbocycles. The Morgan fingerprint density at radius 2 is 2.00 bits per heavy atom. The summed E-state index contributed by atoms with van der Waals surface area (Å²) in [6, 6.07) is 7.47. The molecule has 2 aliphatic rings. The topological polar surface area (TPSA) is 134 Å². The number of carbonyl (C=O) groups is 1. The van der Waals surface area contributed by atoms with Crippen molar-refractivity contribution < 1.29 is 9.90 Å². The van der Waals surface area contributed by atoms with Crippen LogP contribution in [0.1, 0.15) is 70.7 Å². The predicted molar refractivity (Wildman–Crippen MR) is 189 cm³/mol. The summed E-state index contributed by atoms with van der Waals surface area (Å²) in [4.78, 5) is 20.0. The van der Waals surface area contributed by atoms with Crippen molar-refractivity contribution in [1.82, 2.24) is 25.4 Å². The Morgan fingerprint density at radius 1 is 1.24 bits per heavy atom. The van der Waals surface area contributed by atoms with E-state index in [-0.39, 0.29) is 24.1 Å². The molecule has 10 nitrogen and oxygen atoms in total. The van der Waals surface area contributed by atoms with E-state index < -0.39 is 0 Å². The Hall–Kier alpha value is -4.44. The lowest BCUT2D eigenvalue weighted by molar-refractivity contribution is 0.241. The third-order valence-corrected chi connectivity index (χ3v) is 8.51. The Labute approximate surface area is 273 Å². The summed E-state index contributed by atoms with van der Waals surface area (Å²) >= 11 is 0. The van der Waals surface area contributed by atoms with Gasteiger partial charge in [-0.15, -0.1) is 10.2 Å². The number of likely N-dealkylation sites (N-methyl/N-ethyl adjacent to an activating group) is 1. The number of aliphatic imine (C=N–C) groups is 1. The van der Waals surface area contributed by atoms with Crippen LogP contribution in [0.4, 0.5) is 16.4 Å². The van der Waals surface area contributed by atoms with Crippen LogP contribution in [0.3, 0.4) is 0 Å². The van der Waals surface area contributed by atoms with Crippen molar-refractivity contribution in [3.8, 4) is 0 Å². The summed E-state index contributed by atoms with van der Waals surface area (Å²) < 4.78 is 1.90. The molecule has 2 atom stereocenters. The van der Waals surface area contributed by atoms with Gasteiger partial charge in [0.1, 0.15) is 5.84 Å². The molecule has 2 aromatic rings. The Bertz CT molecular complexity index is 1520. The number of aryl methyl sites for hydroxylation is 1. The number of aliphatic hydroxyl groups excluding tert-OH is 1. The number of hydrogen-bond donors (Lipinski definition) is 4. The number of amides is 2. The van der Waals surface area contributed by atoms with Crippen molar-refractivity contribution in [3.63, 3.8) is 0 Å². The Balaban J connectivity index is 1.45. The molecule has 0 saturated carbocycles. The number of rotatable bonds is 11. The molecule has 0 radical (unpaired) electrons. The van der Waals surface area contributed by atoms with E-state index in [0.717, 1.165) is 49.8 Å². The van der Waals surface area contributed by atoms with E-state index in [1.54, 1.807) is 12.2 Å². The number of hydrogen-bond acceptors (Lipinski definition) is 7. The largest absolute Gasteiger partial charge is 0.401 e. The van der Waals surface area contributed by atoms with Gasteiger partial charge in [0.2, 0.25) is 5.95 Å². The third-order valence-electron chi connectivity index (χ3n) is 8.51. The summed E-state index contributed by atoms with van der Waals surface area (Å²) in [5, 5.41) is 24.0. The fourth-order valence-electron chi connectivity index (χ4n) is 5.74. The third kappa shape index (κ3) is 9.06. The average molecular weight is 627 g/mol. The van der Waals surface area contributed by atoms with Crippen molar-refractivity contribution in [2.24, 2.45) is 22.1 Å². The molecule has 2 amide bonds. The van der Waals surface area contributed by atoms with Crippen LogP contribution in [0.25, 0.3) is 12.3 Å². The van der Waals surface area contributed by atoms with E-state index in [0.29, 0.717) is 35.8 Å². The van der Waals surface area contributed by atoms with Gasteiger partial charge in [0, 0.05) is 37.0 Å². The van der Waals surface area contributed by atoms with Crippen LogP contribution in [0.5, 0.6) is 0 Å². The summed E-state index contributed by atoms with van der Waals surface area (Å²) in [6.07, 6.45) is 17.8. The fourth-order valence-corrected chi connectivity index (χ4v) is 5.74. The molecule has 1 heterocycles. The first-order valence-electron chi connectivity index (χ1n) is 16.2. The second-order valence-electron chi connectivity index (χ2n) is 13.1. The summed E-state index contributed by atoms with van der Waals surface area (Å²) in [6.45, 7) is 12.5. The summed E-state index contributed by atoms with van der Waals surface area (Å²) in [7, 11) is 1.88. The molecule has 10 heteroatoms. The first-order valence-corrected chi connectivity index (χ1v) is 16.2. The van der Waals surface area contributed by atoms with E-state index in [1.165, 1.54) is 11.1 Å². The molecule has 0 spiro atoms. The number of nitrogens with zero attached hydrogens (tertiary/aromatic N) is 5. The van der Waals surface area contributed by atoms with Gasteiger partial charge in [-0.25, -0.2) is 9.79 Å². The van der Waals surface area contributed by atoms with Crippen LogP contribution >= 0.6 is 0 Å². The normalized spacial score (nSPS) is 18.9. The molecule has 0 bridgehead atoms. The number of aromatic nitrogens is 3. The number of anilines is 1. The first-order chi connectivity index (χ1) is 22.0. The monoisotopic (exact) mass is 626 g/mol. The van der Waals surface area contributed by atoms with Crippen molar-refractivity contribution in [3.05, 3.63) is 83.4 Å². The van der Waals surface area contributed by atoms with E-state index in [1.807, 2.05) is 74.7 Å². The zero-order valence-electron chi connectivity index (χ0n) is 28.0. The predicted octanol–water partition coefficient (Wildman–Crippen LogP) is 6.25. The van der Waals surface area contributed by atoms with Crippen LogP contribution in [-0.4, -0.2) is 58.0 Å². The van der Waals surface area contributed by atoms with E-state index in [9.17, 15) is 9.90 Å². The SMILES string of the molecule is C=Cc1nnc(N(C)CCO)n1/C=C/CCC1CC[C@H](NC(=O)NC(C=C(N)C(C)(C)C)=Nc2ccc(C)cc2)C2=C1CCC=C2. The zero-order valence-corrected chi connectivity index (χ0v) is 28.0. The Morgan fingerprint density at radius 3 is 2.70 bits per heavy atom. The van der Waals surface area contributed by atoms with Crippen molar-refractivity contribution in [2.75, 3.05) is 25.1 Å². The van der Waals surface area contributed by atoms with Gasteiger partial charge in [-0.1, -0.05) is 68.8 Å². The van der Waals surface area contributed by atoms with Gasteiger partial charge in [0.05, 0.1) is 18.3 Å². The van der Waals surface area contributed by atoms with Gasteiger partial charge in [-0.05, 0) is 75.1 Å². The highest BCUT2D eigenvalue weighted by molar-refractivity contribution is 6.05. The summed E-state index contributed by atoms with van der Waals surface area (Å²) in [5.41, 5.74) is 11.3. The highest BCUT2D eigenvalue weighted by Crippen LogP contribution is 2.39.